The van der Waals surface area contributed by atoms with Crippen molar-refractivity contribution >= 4 is 23.6 Å². The van der Waals surface area contributed by atoms with Crippen molar-refractivity contribution in [2.75, 3.05) is 13.1 Å². The molecule has 0 saturated carbocycles. The molecule has 0 radical (unpaired) electrons. The number of ether oxygens (including phenoxy) is 1. The summed E-state index contributed by atoms with van der Waals surface area (Å²) in [5, 5.41) is 0. The summed E-state index contributed by atoms with van der Waals surface area (Å²) in [7, 11) is 0. The van der Waals surface area contributed by atoms with Crippen molar-refractivity contribution in [2.24, 2.45) is 0 Å². The van der Waals surface area contributed by atoms with Gasteiger partial charge in [0.15, 0.2) is 0 Å². The van der Waals surface area contributed by atoms with Crippen LogP contribution in [0.15, 0.2) is 24.3 Å². The lowest BCUT2D eigenvalue weighted by atomic mass is 10.2. The molecule has 2 rings (SSSR count). The topological polar surface area (TPSA) is 84.0 Å². The van der Waals surface area contributed by atoms with Gasteiger partial charge in [-0.15, -0.1) is 0 Å². The summed E-state index contributed by atoms with van der Waals surface area (Å²) in [6.07, 6.45) is 5.81. The average molecular weight is 320 g/mol. The van der Waals surface area contributed by atoms with Gasteiger partial charge >= 0.3 is 0 Å². The van der Waals surface area contributed by atoms with Crippen molar-refractivity contribution < 1.29 is 23.9 Å². The number of carbonyl (C=O) groups is 4. The molecule has 2 atom stereocenters. The SMILES string of the molecule is CC(CCN1C(=O)C=CC1=O)OC(C)CCN1C(=O)C=CC1=O. The largest absolute Gasteiger partial charge is 0.375 e. The van der Waals surface area contributed by atoms with Gasteiger partial charge in [-0.3, -0.25) is 29.0 Å². The maximum absolute atomic E-state index is 11.4. The predicted molar refractivity (Wildman–Crippen MR) is 81.0 cm³/mol. The van der Waals surface area contributed by atoms with Crippen LogP contribution < -0.4 is 0 Å². The highest BCUT2D eigenvalue weighted by Gasteiger charge is 2.25. The summed E-state index contributed by atoms with van der Waals surface area (Å²) in [4.78, 5) is 48.1. The molecule has 0 aliphatic carbocycles. The Morgan fingerprint density at radius 2 is 1.04 bits per heavy atom. The number of carbonyl (C=O) groups excluding carboxylic acids is 4. The summed E-state index contributed by atoms with van der Waals surface area (Å²) in [6, 6.07) is 0. The number of nitrogens with zero attached hydrogens (tertiary/aromatic N) is 2. The molecule has 0 aromatic rings. The van der Waals surface area contributed by atoms with E-state index >= 15 is 0 Å². The van der Waals surface area contributed by atoms with Crippen LogP contribution in [0.3, 0.4) is 0 Å². The Morgan fingerprint density at radius 3 is 1.35 bits per heavy atom. The van der Waals surface area contributed by atoms with Gasteiger partial charge in [0.25, 0.3) is 23.6 Å². The van der Waals surface area contributed by atoms with Gasteiger partial charge in [-0.1, -0.05) is 0 Å². The van der Waals surface area contributed by atoms with Gasteiger partial charge in [0, 0.05) is 37.4 Å². The van der Waals surface area contributed by atoms with Crippen LogP contribution in [0.5, 0.6) is 0 Å². The molecular formula is C16H20N2O5. The van der Waals surface area contributed by atoms with Gasteiger partial charge in [0.1, 0.15) is 0 Å². The quantitative estimate of drug-likeness (QED) is 0.605. The summed E-state index contributed by atoms with van der Waals surface area (Å²) in [6.45, 7) is 4.35. The molecule has 0 saturated heterocycles. The Labute approximate surface area is 134 Å². The van der Waals surface area contributed by atoms with E-state index in [1.165, 1.54) is 34.1 Å². The van der Waals surface area contributed by atoms with E-state index in [0.717, 1.165) is 0 Å². The normalized spacial score (nSPS) is 20.1. The molecule has 7 heteroatoms. The van der Waals surface area contributed by atoms with E-state index in [4.69, 9.17) is 4.74 Å². The van der Waals surface area contributed by atoms with Gasteiger partial charge in [-0.25, -0.2) is 0 Å². The molecule has 2 unspecified atom stereocenters. The number of hydrogen-bond donors (Lipinski definition) is 0. The van der Waals surface area contributed by atoms with Crippen LogP contribution in [0, 0.1) is 0 Å². The molecule has 4 amide bonds. The first-order chi connectivity index (χ1) is 10.9. The molecule has 0 fully saturated rings. The average Bonchev–Trinajstić information content (AvgIpc) is 2.98. The molecule has 7 nitrogen and oxygen atoms in total. The summed E-state index contributed by atoms with van der Waals surface area (Å²) < 4.78 is 5.77. The predicted octanol–water partition coefficient (Wildman–Crippen LogP) is 0.410. The van der Waals surface area contributed by atoms with Crippen LogP contribution in [-0.4, -0.2) is 58.7 Å². The van der Waals surface area contributed by atoms with Crippen molar-refractivity contribution in [1.82, 2.24) is 9.80 Å². The first-order valence-electron chi connectivity index (χ1n) is 7.61. The number of amides is 4. The maximum Gasteiger partial charge on any atom is 0.253 e. The van der Waals surface area contributed by atoms with E-state index in [1.807, 2.05) is 13.8 Å². The third-order valence-electron chi connectivity index (χ3n) is 3.78. The molecule has 0 spiro atoms. The van der Waals surface area contributed by atoms with E-state index in [0.29, 0.717) is 25.9 Å². The highest BCUT2D eigenvalue weighted by Crippen LogP contribution is 2.12. The first-order valence-corrected chi connectivity index (χ1v) is 7.61. The van der Waals surface area contributed by atoms with E-state index in [2.05, 4.69) is 0 Å². The molecule has 2 aliphatic heterocycles. The Bertz CT molecular complexity index is 495. The smallest absolute Gasteiger partial charge is 0.253 e. The zero-order valence-electron chi connectivity index (χ0n) is 13.2. The Balaban J connectivity index is 1.67. The molecular weight excluding hydrogens is 300 g/mol. The van der Waals surface area contributed by atoms with Crippen LogP contribution >= 0.6 is 0 Å². The van der Waals surface area contributed by atoms with E-state index in [-0.39, 0.29) is 35.8 Å². The summed E-state index contributed by atoms with van der Waals surface area (Å²) >= 11 is 0. The first kappa shape index (κ1) is 17.1. The Morgan fingerprint density at radius 1 is 0.739 bits per heavy atom. The minimum absolute atomic E-state index is 0.144. The van der Waals surface area contributed by atoms with Crippen LogP contribution in [0.1, 0.15) is 26.7 Å². The molecule has 0 bridgehead atoms. The van der Waals surface area contributed by atoms with E-state index in [9.17, 15) is 19.2 Å². The zero-order chi connectivity index (χ0) is 17.0. The fourth-order valence-corrected chi connectivity index (χ4v) is 2.46. The van der Waals surface area contributed by atoms with Gasteiger partial charge in [-0.2, -0.15) is 0 Å². The lowest BCUT2D eigenvalue weighted by Gasteiger charge is -2.23. The van der Waals surface area contributed by atoms with Crippen molar-refractivity contribution in [3.63, 3.8) is 0 Å². The number of rotatable bonds is 8. The molecule has 23 heavy (non-hydrogen) atoms. The molecule has 2 heterocycles. The maximum atomic E-state index is 11.4. The molecule has 0 aromatic heterocycles. The Kier molecular flexibility index (Phi) is 5.44. The highest BCUT2D eigenvalue weighted by atomic mass is 16.5. The van der Waals surface area contributed by atoms with Crippen molar-refractivity contribution in [2.45, 2.75) is 38.9 Å². The fraction of sp³-hybridized carbons (Fsp3) is 0.500. The zero-order valence-corrected chi connectivity index (χ0v) is 13.2. The molecule has 124 valence electrons. The van der Waals surface area contributed by atoms with Gasteiger partial charge in [0.05, 0.1) is 12.2 Å². The highest BCUT2D eigenvalue weighted by molar-refractivity contribution is 6.13. The third kappa shape index (κ3) is 4.35. The minimum Gasteiger partial charge on any atom is -0.375 e. The Hall–Kier alpha value is -2.28. The monoisotopic (exact) mass is 320 g/mol. The minimum atomic E-state index is -0.297. The van der Waals surface area contributed by atoms with Crippen molar-refractivity contribution in [1.29, 1.82) is 0 Å². The van der Waals surface area contributed by atoms with Crippen molar-refractivity contribution in [3.8, 4) is 0 Å². The summed E-state index contributed by atoms with van der Waals surface area (Å²) in [5.41, 5.74) is 0. The summed E-state index contributed by atoms with van der Waals surface area (Å²) in [5.74, 6) is -1.19. The lowest BCUT2D eigenvalue weighted by Crippen LogP contribution is -2.35. The molecule has 0 N–H and O–H groups in total. The molecule has 0 aromatic carbocycles. The van der Waals surface area contributed by atoms with E-state index in [1.54, 1.807) is 0 Å². The van der Waals surface area contributed by atoms with E-state index < -0.39 is 0 Å². The number of hydrogen-bond acceptors (Lipinski definition) is 5. The molecule has 2 aliphatic rings. The second-order valence-corrected chi connectivity index (χ2v) is 5.66. The van der Waals surface area contributed by atoms with Crippen LogP contribution in [0.25, 0.3) is 0 Å². The second-order valence-electron chi connectivity index (χ2n) is 5.66. The van der Waals surface area contributed by atoms with Gasteiger partial charge < -0.3 is 4.74 Å². The lowest BCUT2D eigenvalue weighted by molar-refractivity contribution is -0.138. The van der Waals surface area contributed by atoms with Crippen LogP contribution in [-0.2, 0) is 23.9 Å². The van der Waals surface area contributed by atoms with Gasteiger partial charge in [-0.05, 0) is 26.7 Å². The van der Waals surface area contributed by atoms with Crippen molar-refractivity contribution in [3.05, 3.63) is 24.3 Å². The third-order valence-corrected chi connectivity index (χ3v) is 3.78. The number of imide groups is 2. The van der Waals surface area contributed by atoms with Crippen LogP contribution in [0.2, 0.25) is 0 Å². The fourth-order valence-electron chi connectivity index (χ4n) is 2.46. The second kappa shape index (κ2) is 7.32. The van der Waals surface area contributed by atoms with Gasteiger partial charge in [0.2, 0.25) is 0 Å². The standard InChI is InChI=1S/C16H20N2O5/c1-11(7-9-17-13(19)3-4-14(17)20)23-12(2)8-10-18-15(21)5-6-16(18)22/h3-6,11-12H,7-10H2,1-2H3. The van der Waals surface area contributed by atoms with Crippen LogP contribution in [0.4, 0.5) is 0 Å².